The molecule has 0 fully saturated rings. The molecule has 10 heteroatoms. The summed E-state index contributed by atoms with van der Waals surface area (Å²) >= 11 is 0. The number of pyridine rings is 1. The number of anilines is 3. The molecule has 3 heterocycles. The van der Waals surface area contributed by atoms with Gasteiger partial charge in [0.1, 0.15) is 5.82 Å². The number of nitrogens with one attached hydrogen (secondary N) is 4. The van der Waals surface area contributed by atoms with Gasteiger partial charge in [0, 0.05) is 49.4 Å². The maximum Gasteiger partial charge on any atom is 0.416 e. The Morgan fingerprint density at radius 2 is 1.70 bits per heavy atom. The first-order valence-corrected chi connectivity index (χ1v) is 10.2. The molecule has 0 spiro atoms. The summed E-state index contributed by atoms with van der Waals surface area (Å²) in [4.78, 5) is 16.3. The van der Waals surface area contributed by atoms with Crippen molar-refractivity contribution in [3.8, 4) is 22.5 Å². The number of hydrogen-bond acceptors (Lipinski definition) is 6. The molecule has 33 heavy (non-hydrogen) atoms. The van der Waals surface area contributed by atoms with Gasteiger partial charge >= 0.3 is 6.18 Å². The topological polar surface area (TPSA) is 90.5 Å². The summed E-state index contributed by atoms with van der Waals surface area (Å²) in [5, 5.41) is 9.35. The van der Waals surface area contributed by atoms with Crippen LogP contribution in [0.4, 0.5) is 30.6 Å². The molecule has 4 rings (SSSR count). The van der Waals surface area contributed by atoms with E-state index >= 15 is 0 Å². The van der Waals surface area contributed by atoms with Gasteiger partial charge in [-0.2, -0.15) is 13.2 Å². The Bertz CT molecular complexity index is 1170. The van der Waals surface area contributed by atoms with Crippen molar-refractivity contribution in [2.75, 3.05) is 36.1 Å². The van der Waals surface area contributed by atoms with E-state index in [-0.39, 0.29) is 0 Å². The fourth-order valence-corrected chi connectivity index (χ4v) is 3.21. The fourth-order valence-electron chi connectivity index (χ4n) is 3.21. The molecule has 4 aromatic rings. The van der Waals surface area contributed by atoms with Gasteiger partial charge in [0.15, 0.2) is 0 Å². The van der Waals surface area contributed by atoms with E-state index in [1.54, 1.807) is 18.6 Å². The Hall–Kier alpha value is -4.08. The van der Waals surface area contributed by atoms with E-state index in [2.05, 4.69) is 35.9 Å². The van der Waals surface area contributed by atoms with Gasteiger partial charge in [0.05, 0.1) is 23.1 Å². The normalized spacial score (nSPS) is 11.3. The van der Waals surface area contributed by atoms with Gasteiger partial charge in [0.2, 0.25) is 5.95 Å². The predicted molar refractivity (Wildman–Crippen MR) is 123 cm³/mol. The van der Waals surface area contributed by atoms with Crippen molar-refractivity contribution < 1.29 is 13.2 Å². The zero-order chi connectivity index (χ0) is 23.3. The minimum atomic E-state index is -4.39. The average Bonchev–Trinajstić information content (AvgIpc) is 3.36. The predicted octanol–water partition coefficient (Wildman–Crippen LogP) is 5.12. The van der Waals surface area contributed by atoms with Gasteiger partial charge in [-0.15, -0.1) is 0 Å². The van der Waals surface area contributed by atoms with Crippen molar-refractivity contribution in [2.45, 2.75) is 6.18 Å². The number of rotatable bonds is 8. The first kappa shape index (κ1) is 22.1. The van der Waals surface area contributed by atoms with E-state index in [4.69, 9.17) is 0 Å². The highest BCUT2D eigenvalue weighted by molar-refractivity contribution is 5.79. The molecule has 0 aliphatic heterocycles. The molecule has 0 amide bonds. The molecule has 0 radical (unpaired) electrons. The van der Waals surface area contributed by atoms with Gasteiger partial charge in [-0.3, -0.25) is 0 Å². The standard InChI is InChI=1S/C23H22F3N7/c1-27-17-8-9-20(31-13-17)29-11-12-30-22-32-14-18(19-3-2-10-28-19)21(33-22)15-4-6-16(7-5-15)23(24,25)26/h2-10,13-14,27-28H,11-12H2,1H3,(H,29,31)(H,30,32,33). The van der Waals surface area contributed by atoms with Crippen LogP contribution in [0.25, 0.3) is 22.5 Å². The van der Waals surface area contributed by atoms with Crippen LogP contribution in [0.5, 0.6) is 0 Å². The molecule has 0 saturated heterocycles. The molecule has 0 unspecified atom stereocenters. The zero-order valence-electron chi connectivity index (χ0n) is 17.7. The smallest absolute Gasteiger partial charge is 0.387 e. The quantitative estimate of drug-likeness (QED) is 0.277. The van der Waals surface area contributed by atoms with Crippen LogP contribution in [0, 0.1) is 0 Å². The molecule has 3 aromatic heterocycles. The Morgan fingerprint density at radius 3 is 2.33 bits per heavy atom. The minimum absolute atomic E-state index is 0.375. The van der Waals surface area contributed by atoms with Gasteiger partial charge in [-0.1, -0.05) is 12.1 Å². The molecule has 0 saturated carbocycles. The van der Waals surface area contributed by atoms with Crippen LogP contribution in [0.3, 0.4) is 0 Å². The van der Waals surface area contributed by atoms with Crippen molar-refractivity contribution in [1.82, 2.24) is 19.9 Å². The monoisotopic (exact) mass is 453 g/mol. The number of alkyl halides is 3. The SMILES string of the molecule is CNc1ccc(NCCNc2ncc(-c3ccc[nH]3)c(-c3ccc(C(F)(F)F)cc3)n2)nc1. The van der Waals surface area contributed by atoms with Crippen LogP contribution in [-0.2, 0) is 6.18 Å². The molecule has 1 aromatic carbocycles. The third-order valence-corrected chi connectivity index (χ3v) is 4.93. The van der Waals surface area contributed by atoms with Crippen molar-refractivity contribution >= 4 is 17.5 Å². The number of aromatic amines is 1. The molecular formula is C23H22F3N7. The number of H-pyrrole nitrogens is 1. The third-order valence-electron chi connectivity index (χ3n) is 4.93. The number of nitrogens with zero attached hydrogens (tertiary/aromatic N) is 3. The average molecular weight is 453 g/mol. The van der Waals surface area contributed by atoms with Gasteiger partial charge in [-0.25, -0.2) is 15.0 Å². The van der Waals surface area contributed by atoms with Gasteiger partial charge in [0.25, 0.3) is 0 Å². The maximum absolute atomic E-state index is 13.0. The zero-order valence-corrected chi connectivity index (χ0v) is 17.7. The summed E-state index contributed by atoms with van der Waals surface area (Å²) in [6.45, 7) is 1.09. The lowest BCUT2D eigenvalue weighted by molar-refractivity contribution is -0.137. The number of hydrogen-bond donors (Lipinski definition) is 4. The summed E-state index contributed by atoms with van der Waals surface area (Å²) in [5.74, 6) is 1.12. The Morgan fingerprint density at radius 1 is 0.909 bits per heavy atom. The minimum Gasteiger partial charge on any atom is -0.387 e. The van der Waals surface area contributed by atoms with E-state index in [1.807, 2.05) is 31.3 Å². The van der Waals surface area contributed by atoms with Crippen molar-refractivity contribution in [1.29, 1.82) is 0 Å². The van der Waals surface area contributed by atoms with E-state index in [0.29, 0.717) is 35.9 Å². The second-order valence-electron chi connectivity index (χ2n) is 7.15. The fraction of sp³-hybridized carbons (Fsp3) is 0.174. The second-order valence-corrected chi connectivity index (χ2v) is 7.15. The lowest BCUT2D eigenvalue weighted by Gasteiger charge is -2.13. The Labute approximate surface area is 188 Å². The summed E-state index contributed by atoms with van der Waals surface area (Å²) in [6, 6.07) is 12.4. The lowest BCUT2D eigenvalue weighted by atomic mass is 10.0. The molecule has 170 valence electrons. The highest BCUT2D eigenvalue weighted by Crippen LogP contribution is 2.33. The summed E-state index contributed by atoms with van der Waals surface area (Å²) < 4.78 is 38.9. The molecular weight excluding hydrogens is 431 g/mol. The molecule has 0 aliphatic carbocycles. The van der Waals surface area contributed by atoms with Crippen molar-refractivity contribution in [3.63, 3.8) is 0 Å². The first-order chi connectivity index (χ1) is 15.9. The number of benzene rings is 1. The molecule has 0 aliphatic rings. The van der Waals surface area contributed by atoms with E-state index in [0.717, 1.165) is 29.3 Å². The Balaban J connectivity index is 1.50. The second kappa shape index (κ2) is 9.60. The largest absolute Gasteiger partial charge is 0.416 e. The van der Waals surface area contributed by atoms with Crippen LogP contribution in [0.2, 0.25) is 0 Å². The van der Waals surface area contributed by atoms with Gasteiger partial charge < -0.3 is 20.9 Å². The number of halogens is 3. The molecule has 0 atom stereocenters. The van der Waals surface area contributed by atoms with Crippen LogP contribution in [0.15, 0.2) is 67.1 Å². The highest BCUT2D eigenvalue weighted by Gasteiger charge is 2.30. The van der Waals surface area contributed by atoms with E-state index in [9.17, 15) is 13.2 Å². The van der Waals surface area contributed by atoms with Crippen molar-refractivity contribution in [2.24, 2.45) is 0 Å². The Kier molecular flexibility index (Phi) is 6.43. The van der Waals surface area contributed by atoms with Crippen LogP contribution in [-0.4, -0.2) is 40.1 Å². The van der Waals surface area contributed by atoms with Crippen LogP contribution in [0.1, 0.15) is 5.56 Å². The number of aromatic nitrogens is 4. The maximum atomic E-state index is 13.0. The van der Waals surface area contributed by atoms with E-state index < -0.39 is 11.7 Å². The molecule has 0 bridgehead atoms. The highest BCUT2D eigenvalue weighted by atomic mass is 19.4. The van der Waals surface area contributed by atoms with Crippen LogP contribution < -0.4 is 16.0 Å². The molecule has 7 nitrogen and oxygen atoms in total. The van der Waals surface area contributed by atoms with Crippen LogP contribution >= 0.6 is 0 Å². The third kappa shape index (κ3) is 5.40. The van der Waals surface area contributed by atoms with E-state index in [1.165, 1.54) is 12.1 Å². The lowest BCUT2D eigenvalue weighted by Crippen LogP contribution is -2.16. The summed E-state index contributed by atoms with van der Waals surface area (Å²) in [5.41, 5.74) is 2.77. The summed E-state index contributed by atoms with van der Waals surface area (Å²) in [6.07, 6.45) is 0.753. The van der Waals surface area contributed by atoms with Crippen molar-refractivity contribution in [3.05, 3.63) is 72.7 Å². The molecule has 4 N–H and O–H groups in total. The van der Waals surface area contributed by atoms with Gasteiger partial charge in [-0.05, 0) is 36.4 Å². The first-order valence-electron chi connectivity index (χ1n) is 10.2. The summed E-state index contributed by atoms with van der Waals surface area (Å²) in [7, 11) is 1.83.